The smallest absolute Gasteiger partial charge is 0.255 e. The maximum absolute atomic E-state index is 12.2. The van der Waals surface area contributed by atoms with E-state index in [1.54, 1.807) is 36.2 Å². The van der Waals surface area contributed by atoms with Crippen LogP contribution >= 0.6 is 0 Å². The van der Waals surface area contributed by atoms with E-state index in [2.05, 4.69) is 0 Å². The summed E-state index contributed by atoms with van der Waals surface area (Å²) in [7, 11) is 3.19. The van der Waals surface area contributed by atoms with Crippen molar-refractivity contribution in [1.29, 1.82) is 0 Å². The Morgan fingerprint density at radius 2 is 2.00 bits per heavy atom. The minimum atomic E-state index is -0.573. The lowest BCUT2D eigenvalue weighted by atomic mass is 10.2. The summed E-state index contributed by atoms with van der Waals surface area (Å²) in [5, 5.41) is 0. The average molecular weight is 358 g/mol. The van der Waals surface area contributed by atoms with Gasteiger partial charge in [0, 0.05) is 13.1 Å². The van der Waals surface area contributed by atoms with E-state index in [1.165, 1.54) is 13.2 Å². The second-order valence-electron chi connectivity index (χ2n) is 5.71. The number of nitrogens with zero attached hydrogens (tertiary/aromatic N) is 1. The Balaban J connectivity index is 2.01. The topological polar surface area (TPSA) is 95.0 Å². The number of primary amides is 1. The highest BCUT2D eigenvalue weighted by Crippen LogP contribution is 2.28. The van der Waals surface area contributed by atoms with Gasteiger partial charge >= 0.3 is 0 Å². The number of aryl methyl sites for hydroxylation is 1. The molecule has 7 heteroatoms. The minimum absolute atomic E-state index is 0.160. The molecule has 138 valence electrons. The lowest BCUT2D eigenvalue weighted by Gasteiger charge is -2.13. The number of likely N-dealkylation sites (N-methyl/N-ethyl adjacent to an activating group) is 1. The van der Waals surface area contributed by atoms with E-state index >= 15 is 0 Å². The summed E-state index contributed by atoms with van der Waals surface area (Å²) in [5.74, 6) is 1.65. The quantitative estimate of drug-likeness (QED) is 0.730. The largest absolute Gasteiger partial charge is 0.493 e. The molecule has 0 aliphatic carbocycles. The van der Waals surface area contributed by atoms with E-state index in [1.807, 2.05) is 19.1 Å². The Kier molecular flexibility index (Phi) is 6.43. The fourth-order valence-corrected chi connectivity index (χ4v) is 2.23. The van der Waals surface area contributed by atoms with Crippen LogP contribution in [0.4, 0.5) is 0 Å². The average Bonchev–Trinajstić information content (AvgIpc) is 3.02. The van der Waals surface area contributed by atoms with Crippen molar-refractivity contribution in [3.63, 3.8) is 0 Å². The number of carbonyl (C=O) groups is 2. The molecule has 0 saturated carbocycles. The van der Waals surface area contributed by atoms with Gasteiger partial charge in [-0.1, -0.05) is 6.07 Å². The molecule has 1 aromatic carbocycles. The SMILES string of the molecule is COc1cc(/C=C/C(=O)N(C)Cc2ccc(C)o2)ccc1OCC(N)=O. The summed E-state index contributed by atoms with van der Waals surface area (Å²) in [6, 6.07) is 8.81. The molecule has 2 amide bonds. The lowest BCUT2D eigenvalue weighted by Crippen LogP contribution is -2.23. The molecule has 0 saturated heterocycles. The van der Waals surface area contributed by atoms with Crippen molar-refractivity contribution in [3.8, 4) is 11.5 Å². The van der Waals surface area contributed by atoms with Crippen molar-refractivity contribution < 1.29 is 23.5 Å². The first-order chi connectivity index (χ1) is 12.4. The van der Waals surface area contributed by atoms with Crippen LogP contribution in [0.2, 0.25) is 0 Å². The fourth-order valence-electron chi connectivity index (χ4n) is 2.23. The van der Waals surface area contributed by atoms with Crippen molar-refractivity contribution >= 4 is 17.9 Å². The molecule has 0 bridgehead atoms. The molecular formula is C19H22N2O5. The number of hydrogen-bond donors (Lipinski definition) is 1. The second-order valence-corrected chi connectivity index (χ2v) is 5.71. The molecule has 0 atom stereocenters. The van der Waals surface area contributed by atoms with Crippen LogP contribution < -0.4 is 15.2 Å². The van der Waals surface area contributed by atoms with E-state index in [9.17, 15) is 9.59 Å². The van der Waals surface area contributed by atoms with E-state index in [-0.39, 0.29) is 12.5 Å². The summed E-state index contributed by atoms with van der Waals surface area (Å²) in [4.78, 5) is 24.6. The number of furan rings is 1. The fraction of sp³-hybridized carbons (Fsp3) is 0.263. The normalized spacial score (nSPS) is 10.7. The molecule has 26 heavy (non-hydrogen) atoms. The Hall–Kier alpha value is -3.22. The summed E-state index contributed by atoms with van der Waals surface area (Å²) >= 11 is 0. The zero-order valence-electron chi connectivity index (χ0n) is 15.0. The van der Waals surface area contributed by atoms with Crippen LogP contribution in [-0.4, -0.2) is 37.5 Å². The van der Waals surface area contributed by atoms with Gasteiger partial charge in [0.25, 0.3) is 5.91 Å². The second kappa shape index (κ2) is 8.75. The van der Waals surface area contributed by atoms with Gasteiger partial charge in [-0.05, 0) is 42.8 Å². The number of benzene rings is 1. The minimum Gasteiger partial charge on any atom is -0.493 e. The highest BCUT2D eigenvalue weighted by Gasteiger charge is 2.09. The summed E-state index contributed by atoms with van der Waals surface area (Å²) in [5.41, 5.74) is 5.82. The highest BCUT2D eigenvalue weighted by molar-refractivity contribution is 5.91. The monoisotopic (exact) mass is 358 g/mol. The summed E-state index contributed by atoms with van der Waals surface area (Å²) < 4.78 is 16.0. The van der Waals surface area contributed by atoms with Gasteiger partial charge < -0.3 is 24.5 Å². The number of carbonyl (C=O) groups excluding carboxylic acids is 2. The molecule has 1 heterocycles. The maximum atomic E-state index is 12.2. The first-order valence-electron chi connectivity index (χ1n) is 7.96. The standard InChI is InChI=1S/C19H22N2O5/c1-13-4-7-15(26-13)11-21(2)19(23)9-6-14-5-8-16(17(10-14)24-3)25-12-18(20)22/h4-10H,11-12H2,1-3H3,(H2,20,22)/b9-6+. The molecule has 1 aromatic heterocycles. The van der Waals surface area contributed by atoms with Crippen LogP contribution in [0.5, 0.6) is 11.5 Å². The Morgan fingerprint density at radius 3 is 2.62 bits per heavy atom. The van der Waals surface area contributed by atoms with E-state index in [0.29, 0.717) is 18.0 Å². The van der Waals surface area contributed by atoms with Gasteiger partial charge in [-0.3, -0.25) is 9.59 Å². The number of nitrogens with two attached hydrogens (primary N) is 1. The molecule has 0 aliphatic rings. The highest BCUT2D eigenvalue weighted by atomic mass is 16.5. The molecule has 2 aromatic rings. The number of amides is 2. The van der Waals surface area contributed by atoms with Crippen molar-refractivity contribution in [3.05, 3.63) is 53.5 Å². The van der Waals surface area contributed by atoms with Crippen molar-refractivity contribution in [2.24, 2.45) is 5.73 Å². The number of ether oxygens (including phenoxy) is 2. The Bertz CT molecular complexity index is 810. The van der Waals surface area contributed by atoms with Gasteiger partial charge in [0.15, 0.2) is 18.1 Å². The molecule has 7 nitrogen and oxygen atoms in total. The van der Waals surface area contributed by atoms with Crippen LogP contribution in [0.15, 0.2) is 40.8 Å². The molecule has 0 spiro atoms. The van der Waals surface area contributed by atoms with Crippen molar-refractivity contribution in [1.82, 2.24) is 4.90 Å². The van der Waals surface area contributed by atoms with Crippen LogP contribution in [0, 0.1) is 6.92 Å². The maximum Gasteiger partial charge on any atom is 0.255 e. The molecular weight excluding hydrogens is 336 g/mol. The predicted molar refractivity (Wildman–Crippen MR) is 96.6 cm³/mol. The molecule has 0 aliphatic heterocycles. The Morgan fingerprint density at radius 1 is 1.23 bits per heavy atom. The van der Waals surface area contributed by atoms with E-state index < -0.39 is 5.91 Å². The van der Waals surface area contributed by atoms with Gasteiger partial charge in [0.1, 0.15) is 11.5 Å². The lowest BCUT2D eigenvalue weighted by molar-refractivity contribution is -0.125. The van der Waals surface area contributed by atoms with Gasteiger partial charge in [-0.25, -0.2) is 0 Å². The molecule has 0 radical (unpaired) electrons. The van der Waals surface area contributed by atoms with Crippen LogP contribution in [0.25, 0.3) is 6.08 Å². The first kappa shape index (κ1) is 19.1. The van der Waals surface area contributed by atoms with E-state index in [0.717, 1.165) is 17.1 Å². The van der Waals surface area contributed by atoms with Crippen molar-refractivity contribution in [2.45, 2.75) is 13.5 Å². The first-order valence-corrected chi connectivity index (χ1v) is 7.96. The van der Waals surface area contributed by atoms with Gasteiger partial charge in [0.2, 0.25) is 5.91 Å². The predicted octanol–water partition coefficient (Wildman–Crippen LogP) is 2.13. The molecule has 2 rings (SSSR count). The van der Waals surface area contributed by atoms with Crippen LogP contribution in [-0.2, 0) is 16.1 Å². The number of hydrogen-bond acceptors (Lipinski definition) is 5. The summed E-state index contributed by atoms with van der Waals surface area (Å²) in [6.45, 7) is 2.01. The van der Waals surface area contributed by atoms with E-state index in [4.69, 9.17) is 19.6 Å². The molecule has 0 fully saturated rings. The molecule has 2 N–H and O–H groups in total. The number of rotatable bonds is 8. The third-order valence-corrected chi connectivity index (χ3v) is 3.54. The van der Waals surface area contributed by atoms with Gasteiger partial charge in [0.05, 0.1) is 13.7 Å². The zero-order valence-corrected chi connectivity index (χ0v) is 15.0. The zero-order chi connectivity index (χ0) is 19.1. The molecule has 0 unspecified atom stereocenters. The summed E-state index contributed by atoms with van der Waals surface area (Å²) in [6.07, 6.45) is 3.14. The Labute approximate surface area is 152 Å². The third kappa shape index (κ3) is 5.41. The van der Waals surface area contributed by atoms with Crippen molar-refractivity contribution in [2.75, 3.05) is 20.8 Å². The van der Waals surface area contributed by atoms with Gasteiger partial charge in [-0.2, -0.15) is 0 Å². The third-order valence-electron chi connectivity index (χ3n) is 3.54. The van der Waals surface area contributed by atoms with Gasteiger partial charge in [-0.15, -0.1) is 0 Å². The number of methoxy groups -OCH3 is 1. The van der Waals surface area contributed by atoms with Crippen LogP contribution in [0.1, 0.15) is 17.1 Å². The van der Waals surface area contributed by atoms with Crippen LogP contribution in [0.3, 0.4) is 0 Å².